The first-order chi connectivity index (χ1) is 9.58. The second kappa shape index (κ2) is 6.15. The lowest BCUT2D eigenvalue weighted by atomic mass is 9.93. The molecule has 0 aliphatic heterocycles. The number of nitrogens with zero attached hydrogens (tertiary/aromatic N) is 1. The number of aromatic nitrogens is 1. The molecule has 3 heteroatoms. The highest BCUT2D eigenvalue weighted by molar-refractivity contribution is 5.91. The molecule has 102 valence electrons. The Labute approximate surface area is 118 Å². The topological polar surface area (TPSA) is 50.2 Å². The second-order valence-corrected chi connectivity index (χ2v) is 4.81. The SMILES string of the molecule is CC(=Cc1ccc(C(C)c2cccnc2)cc1)C(=O)O. The first-order valence-corrected chi connectivity index (χ1v) is 6.49. The van der Waals surface area contributed by atoms with E-state index in [2.05, 4.69) is 18.0 Å². The van der Waals surface area contributed by atoms with Gasteiger partial charge in [-0.25, -0.2) is 4.79 Å². The maximum absolute atomic E-state index is 10.8. The number of carboxylic acid groups (broad SMARTS) is 1. The zero-order chi connectivity index (χ0) is 14.5. The van der Waals surface area contributed by atoms with Crippen LogP contribution in [-0.4, -0.2) is 16.1 Å². The number of carbonyl (C=O) groups is 1. The average molecular weight is 267 g/mol. The highest BCUT2D eigenvalue weighted by atomic mass is 16.4. The summed E-state index contributed by atoms with van der Waals surface area (Å²) in [6.07, 6.45) is 5.30. The van der Waals surface area contributed by atoms with Crippen molar-refractivity contribution in [2.75, 3.05) is 0 Å². The molecular weight excluding hydrogens is 250 g/mol. The fourth-order valence-electron chi connectivity index (χ4n) is 2.02. The Hall–Kier alpha value is -2.42. The molecular formula is C17H17NO2. The number of hydrogen-bond acceptors (Lipinski definition) is 2. The smallest absolute Gasteiger partial charge is 0.331 e. The van der Waals surface area contributed by atoms with E-state index < -0.39 is 5.97 Å². The van der Waals surface area contributed by atoms with Crippen molar-refractivity contribution in [1.29, 1.82) is 0 Å². The van der Waals surface area contributed by atoms with Gasteiger partial charge in [-0.2, -0.15) is 0 Å². The number of aliphatic carboxylic acids is 1. The van der Waals surface area contributed by atoms with Crippen LogP contribution in [0, 0.1) is 0 Å². The van der Waals surface area contributed by atoms with E-state index in [1.807, 2.05) is 36.5 Å². The van der Waals surface area contributed by atoms with E-state index in [4.69, 9.17) is 5.11 Å². The van der Waals surface area contributed by atoms with Crippen LogP contribution in [0.3, 0.4) is 0 Å². The molecule has 0 bridgehead atoms. The molecule has 2 rings (SSSR count). The van der Waals surface area contributed by atoms with E-state index in [9.17, 15) is 4.79 Å². The van der Waals surface area contributed by atoms with Crippen LogP contribution in [0.25, 0.3) is 6.08 Å². The molecule has 0 fully saturated rings. The minimum Gasteiger partial charge on any atom is -0.478 e. The van der Waals surface area contributed by atoms with Crippen LogP contribution in [-0.2, 0) is 4.79 Å². The first-order valence-electron chi connectivity index (χ1n) is 6.49. The number of rotatable bonds is 4. The van der Waals surface area contributed by atoms with Crippen molar-refractivity contribution < 1.29 is 9.90 Å². The van der Waals surface area contributed by atoms with E-state index in [-0.39, 0.29) is 5.92 Å². The summed E-state index contributed by atoms with van der Waals surface area (Å²) in [6.45, 7) is 3.72. The molecule has 1 N–H and O–H groups in total. The Bertz CT molecular complexity index is 615. The van der Waals surface area contributed by atoms with Crippen LogP contribution >= 0.6 is 0 Å². The standard InChI is InChI=1S/C17H17NO2/c1-12(17(19)20)10-14-5-7-15(8-6-14)13(2)16-4-3-9-18-11-16/h3-11,13H,1-2H3,(H,19,20). The summed E-state index contributed by atoms with van der Waals surface area (Å²) in [5.74, 6) is -0.625. The molecule has 2 aromatic rings. The van der Waals surface area contributed by atoms with Gasteiger partial charge in [-0.05, 0) is 35.8 Å². The number of pyridine rings is 1. The summed E-state index contributed by atoms with van der Waals surface area (Å²) in [5.41, 5.74) is 3.57. The zero-order valence-corrected chi connectivity index (χ0v) is 11.6. The Morgan fingerprint density at radius 1 is 1.20 bits per heavy atom. The van der Waals surface area contributed by atoms with Crippen molar-refractivity contribution >= 4 is 12.0 Å². The molecule has 1 aromatic carbocycles. The molecule has 1 unspecified atom stereocenters. The summed E-state index contributed by atoms with van der Waals surface area (Å²) in [4.78, 5) is 14.9. The maximum Gasteiger partial charge on any atom is 0.331 e. The van der Waals surface area contributed by atoms with Gasteiger partial charge in [0.15, 0.2) is 0 Å². The van der Waals surface area contributed by atoms with Crippen LogP contribution in [0.15, 0.2) is 54.4 Å². The van der Waals surface area contributed by atoms with Crippen LogP contribution in [0.4, 0.5) is 0 Å². The summed E-state index contributed by atoms with van der Waals surface area (Å²) in [5, 5.41) is 8.86. The Morgan fingerprint density at radius 3 is 2.45 bits per heavy atom. The van der Waals surface area contributed by atoms with Gasteiger partial charge in [0.1, 0.15) is 0 Å². The van der Waals surface area contributed by atoms with Crippen LogP contribution in [0.1, 0.15) is 36.5 Å². The van der Waals surface area contributed by atoms with E-state index in [0.29, 0.717) is 5.57 Å². The van der Waals surface area contributed by atoms with Crippen molar-refractivity contribution in [2.24, 2.45) is 0 Å². The predicted octanol–water partition coefficient (Wildman–Crippen LogP) is 3.72. The molecule has 0 spiro atoms. The molecule has 0 saturated carbocycles. The molecule has 0 radical (unpaired) electrons. The Morgan fingerprint density at radius 2 is 1.90 bits per heavy atom. The fourth-order valence-corrected chi connectivity index (χ4v) is 2.02. The first kappa shape index (κ1) is 14.0. The third-order valence-corrected chi connectivity index (χ3v) is 3.34. The van der Waals surface area contributed by atoms with E-state index >= 15 is 0 Å². The summed E-state index contributed by atoms with van der Waals surface area (Å²) < 4.78 is 0. The van der Waals surface area contributed by atoms with Crippen LogP contribution < -0.4 is 0 Å². The van der Waals surface area contributed by atoms with Crippen molar-refractivity contribution in [2.45, 2.75) is 19.8 Å². The quantitative estimate of drug-likeness (QED) is 0.859. The van der Waals surface area contributed by atoms with Gasteiger partial charge in [0, 0.05) is 23.9 Å². The van der Waals surface area contributed by atoms with Gasteiger partial charge in [0.05, 0.1) is 0 Å². The third kappa shape index (κ3) is 3.32. The summed E-state index contributed by atoms with van der Waals surface area (Å²) in [7, 11) is 0. The molecule has 1 atom stereocenters. The van der Waals surface area contributed by atoms with Crippen molar-refractivity contribution in [3.05, 3.63) is 71.1 Å². The van der Waals surface area contributed by atoms with Crippen molar-refractivity contribution in [1.82, 2.24) is 4.98 Å². The zero-order valence-electron chi connectivity index (χ0n) is 11.6. The van der Waals surface area contributed by atoms with E-state index in [0.717, 1.165) is 11.1 Å². The molecule has 0 aliphatic carbocycles. The lowest BCUT2D eigenvalue weighted by Crippen LogP contribution is -1.97. The minimum atomic E-state index is -0.891. The van der Waals surface area contributed by atoms with Gasteiger partial charge >= 0.3 is 5.97 Å². The molecule has 1 aromatic heterocycles. The van der Waals surface area contributed by atoms with Crippen LogP contribution in [0.2, 0.25) is 0 Å². The second-order valence-electron chi connectivity index (χ2n) is 4.81. The average Bonchev–Trinajstić information content (AvgIpc) is 2.48. The van der Waals surface area contributed by atoms with Gasteiger partial charge in [-0.15, -0.1) is 0 Å². The number of carboxylic acids is 1. The minimum absolute atomic E-state index is 0.266. The van der Waals surface area contributed by atoms with Gasteiger partial charge in [-0.3, -0.25) is 4.98 Å². The van der Waals surface area contributed by atoms with Crippen LogP contribution in [0.5, 0.6) is 0 Å². The van der Waals surface area contributed by atoms with E-state index in [1.165, 1.54) is 5.56 Å². The summed E-state index contributed by atoms with van der Waals surface area (Å²) in [6, 6.07) is 11.9. The lowest BCUT2D eigenvalue weighted by molar-refractivity contribution is -0.132. The molecule has 20 heavy (non-hydrogen) atoms. The summed E-state index contributed by atoms with van der Waals surface area (Å²) >= 11 is 0. The van der Waals surface area contributed by atoms with E-state index in [1.54, 1.807) is 19.2 Å². The van der Waals surface area contributed by atoms with Crippen molar-refractivity contribution in [3.63, 3.8) is 0 Å². The molecule has 0 amide bonds. The Kier molecular flexibility index (Phi) is 4.31. The largest absolute Gasteiger partial charge is 0.478 e. The number of benzene rings is 1. The van der Waals surface area contributed by atoms with Crippen molar-refractivity contribution in [3.8, 4) is 0 Å². The fraction of sp³-hybridized carbons (Fsp3) is 0.176. The predicted molar refractivity (Wildman–Crippen MR) is 79.5 cm³/mol. The normalized spacial score (nSPS) is 13.0. The highest BCUT2D eigenvalue weighted by Gasteiger charge is 2.08. The van der Waals surface area contributed by atoms with Gasteiger partial charge in [0.2, 0.25) is 0 Å². The van der Waals surface area contributed by atoms with Gasteiger partial charge in [0.25, 0.3) is 0 Å². The highest BCUT2D eigenvalue weighted by Crippen LogP contribution is 2.23. The molecule has 3 nitrogen and oxygen atoms in total. The van der Waals surface area contributed by atoms with Gasteiger partial charge in [-0.1, -0.05) is 37.3 Å². The third-order valence-electron chi connectivity index (χ3n) is 3.34. The van der Waals surface area contributed by atoms with Gasteiger partial charge < -0.3 is 5.11 Å². The number of hydrogen-bond donors (Lipinski definition) is 1. The maximum atomic E-state index is 10.8. The lowest BCUT2D eigenvalue weighted by Gasteiger charge is -2.12. The molecule has 0 saturated heterocycles. The molecule has 0 aliphatic rings. The molecule has 1 heterocycles. The monoisotopic (exact) mass is 267 g/mol. The Balaban J connectivity index is 2.21.